The second-order valence-corrected chi connectivity index (χ2v) is 6.24. The van der Waals surface area contributed by atoms with Crippen LogP contribution in [0.4, 0.5) is 10.5 Å². The number of nitrogens with one attached hydrogen (secondary N) is 2. The molecule has 21 heavy (non-hydrogen) atoms. The molecule has 3 rings (SSSR count). The van der Waals surface area contributed by atoms with Crippen molar-refractivity contribution in [2.45, 2.75) is 26.2 Å². The SMILES string of the molecule is Cc1ccc(NC(=O)N2CCC3(CC2)CNC(=O)C3)cc1. The molecule has 0 unspecified atom stereocenters. The van der Waals surface area contributed by atoms with Crippen LogP contribution in [0.3, 0.4) is 0 Å². The zero-order chi connectivity index (χ0) is 14.9. The van der Waals surface area contributed by atoms with Gasteiger partial charge in [0, 0.05) is 31.7 Å². The van der Waals surface area contributed by atoms with Gasteiger partial charge in [0.25, 0.3) is 0 Å². The monoisotopic (exact) mass is 287 g/mol. The number of carbonyl (C=O) groups is 2. The number of urea groups is 1. The van der Waals surface area contributed by atoms with Gasteiger partial charge in [-0.3, -0.25) is 4.79 Å². The summed E-state index contributed by atoms with van der Waals surface area (Å²) in [6, 6.07) is 7.75. The zero-order valence-electron chi connectivity index (χ0n) is 12.3. The van der Waals surface area contributed by atoms with E-state index in [1.54, 1.807) is 0 Å². The Kier molecular flexibility index (Phi) is 3.57. The molecule has 1 aromatic rings. The number of likely N-dealkylation sites (tertiary alicyclic amines) is 1. The fraction of sp³-hybridized carbons (Fsp3) is 0.500. The zero-order valence-corrected chi connectivity index (χ0v) is 12.3. The number of carbonyl (C=O) groups excluding carboxylic acids is 2. The van der Waals surface area contributed by atoms with Gasteiger partial charge in [0.05, 0.1) is 0 Å². The van der Waals surface area contributed by atoms with Crippen LogP contribution >= 0.6 is 0 Å². The standard InChI is InChI=1S/C16H21N3O2/c1-12-2-4-13(5-3-12)18-15(21)19-8-6-16(7-9-19)10-14(20)17-11-16/h2-5H,6-11H2,1H3,(H,17,20)(H,18,21). The number of amides is 3. The number of aryl methyl sites for hydroxylation is 1. The van der Waals surface area contributed by atoms with Crippen LogP contribution in [0.5, 0.6) is 0 Å². The van der Waals surface area contributed by atoms with Gasteiger partial charge in [-0.1, -0.05) is 17.7 Å². The molecule has 1 spiro atoms. The van der Waals surface area contributed by atoms with Crippen molar-refractivity contribution in [2.24, 2.45) is 5.41 Å². The number of benzene rings is 1. The van der Waals surface area contributed by atoms with E-state index in [1.807, 2.05) is 36.1 Å². The Morgan fingerprint density at radius 3 is 2.48 bits per heavy atom. The van der Waals surface area contributed by atoms with Crippen LogP contribution in [-0.2, 0) is 4.79 Å². The van der Waals surface area contributed by atoms with Crippen LogP contribution in [0.1, 0.15) is 24.8 Å². The molecule has 0 aromatic heterocycles. The maximum atomic E-state index is 12.3. The van der Waals surface area contributed by atoms with Gasteiger partial charge < -0.3 is 15.5 Å². The molecule has 5 heteroatoms. The van der Waals surface area contributed by atoms with Crippen molar-refractivity contribution in [1.82, 2.24) is 10.2 Å². The topological polar surface area (TPSA) is 61.4 Å². The number of piperidine rings is 1. The van der Waals surface area contributed by atoms with Gasteiger partial charge >= 0.3 is 6.03 Å². The van der Waals surface area contributed by atoms with E-state index in [4.69, 9.17) is 0 Å². The predicted molar refractivity (Wildman–Crippen MR) is 81.1 cm³/mol. The first kappa shape index (κ1) is 13.9. The molecule has 0 saturated carbocycles. The Morgan fingerprint density at radius 1 is 1.24 bits per heavy atom. The maximum absolute atomic E-state index is 12.3. The highest BCUT2D eigenvalue weighted by Gasteiger charge is 2.41. The Hall–Kier alpha value is -2.04. The van der Waals surface area contributed by atoms with E-state index in [1.165, 1.54) is 5.56 Å². The normalized spacial score (nSPS) is 20.4. The summed E-state index contributed by atoms with van der Waals surface area (Å²) >= 11 is 0. The third kappa shape index (κ3) is 3.01. The molecular formula is C16H21N3O2. The van der Waals surface area contributed by atoms with E-state index in [9.17, 15) is 9.59 Å². The summed E-state index contributed by atoms with van der Waals surface area (Å²) in [5.41, 5.74) is 2.08. The van der Waals surface area contributed by atoms with Crippen molar-refractivity contribution in [3.05, 3.63) is 29.8 Å². The first-order valence-electron chi connectivity index (χ1n) is 7.46. The summed E-state index contributed by atoms with van der Waals surface area (Å²) < 4.78 is 0. The highest BCUT2D eigenvalue weighted by atomic mass is 16.2. The quantitative estimate of drug-likeness (QED) is 0.831. The Bertz CT molecular complexity index is 545. The summed E-state index contributed by atoms with van der Waals surface area (Å²) in [5, 5.41) is 5.84. The largest absolute Gasteiger partial charge is 0.356 e. The lowest BCUT2D eigenvalue weighted by atomic mass is 9.78. The molecule has 0 atom stereocenters. The van der Waals surface area contributed by atoms with E-state index in [0.717, 1.165) is 25.1 Å². The molecule has 0 radical (unpaired) electrons. The van der Waals surface area contributed by atoms with Crippen molar-refractivity contribution in [1.29, 1.82) is 0 Å². The summed E-state index contributed by atoms with van der Waals surface area (Å²) in [6.07, 6.45) is 2.40. The van der Waals surface area contributed by atoms with Gasteiger partial charge in [-0.15, -0.1) is 0 Å². The van der Waals surface area contributed by atoms with Crippen molar-refractivity contribution >= 4 is 17.6 Å². The number of hydrogen-bond acceptors (Lipinski definition) is 2. The molecule has 2 aliphatic heterocycles. The minimum absolute atomic E-state index is 0.0500. The molecule has 1 aromatic carbocycles. The van der Waals surface area contributed by atoms with Gasteiger partial charge in [0.2, 0.25) is 5.91 Å². The van der Waals surface area contributed by atoms with Crippen LogP contribution in [-0.4, -0.2) is 36.5 Å². The van der Waals surface area contributed by atoms with Crippen LogP contribution < -0.4 is 10.6 Å². The minimum atomic E-state index is -0.0500. The first-order valence-corrected chi connectivity index (χ1v) is 7.46. The fourth-order valence-electron chi connectivity index (χ4n) is 3.13. The summed E-state index contributed by atoms with van der Waals surface area (Å²) in [4.78, 5) is 25.5. The average Bonchev–Trinajstić information content (AvgIpc) is 2.83. The molecule has 112 valence electrons. The van der Waals surface area contributed by atoms with E-state index in [0.29, 0.717) is 19.5 Å². The molecule has 2 heterocycles. The van der Waals surface area contributed by atoms with Crippen LogP contribution in [0.2, 0.25) is 0 Å². The van der Waals surface area contributed by atoms with Gasteiger partial charge in [0.15, 0.2) is 0 Å². The molecule has 0 aliphatic carbocycles. The molecule has 3 amide bonds. The van der Waals surface area contributed by atoms with Crippen LogP contribution in [0.25, 0.3) is 0 Å². The van der Waals surface area contributed by atoms with Gasteiger partial charge in [0.1, 0.15) is 0 Å². The van der Waals surface area contributed by atoms with E-state index in [2.05, 4.69) is 10.6 Å². The summed E-state index contributed by atoms with van der Waals surface area (Å²) in [6.45, 7) is 4.21. The number of anilines is 1. The fourth-order valence-corrected chi connectivity index (χ4v) is 3.13. The molecule has 2 fully saturated rings. The molecule has 5 nitrogen and oxygen atoms in total. The van der Waals surface area contributed by atoms with Crippen LogP contribution in [0, 0.1) is 12.3 Å². The van der Waals surface area contributed by atoms with E-state index in [-0.39, 0.29) is 17.4 Å². The Labute approximate surface area is 124 Å². The third-order valence-electron chi connectivity index (χ3n) is 4.61. The van der Waals surface area contributed by atoms with E-state index < -0.39 is 0 Å². The number of nitrogens with zero attached hydrogens (tertiary/aromatic N) is 1. The molecule has 2 aliphatic rings. The molecule has 2 saturated heterocycles. The Balaban J connectivity index is 1.55. The maximum Gasteiger partial charge on any atom is 0.321 e. The molecular weight excluding hydrogens is 266 g/mol. The minimum Gasteiger partial charge on any atom is -0.356 e. The highest BCUT2D eigenvalue weighted by Crippen LogP contribution is 2.37. The lowest BCUT2D eigenvalue weighted by Crippen LogP contribution is -2.45. The first-order chi connectivity index (χ1) is 10.1. The predicted octanol–water partition coefficient (Wildman–Crippen LogP) is 2.13. The van der Waals surface area contributed by atoms with Crippen molar-refractivity contribution in [3.63, 3.8) is 0 Å². The lowest BCUT2D eigenvalue weighted by Gasteiger charge is -2.38. The molecule has 0 bridgehead atoms. The van der Waals surface area contributed by atoms with Crippen molar-refractivity contribution < 1.29 is 9.59 Å². The lowest BCUT2D eigenvalue weighted by molar-refractivity contribution is -0.119. The second-order valence-electron chi connectivity index (χ2n) is 6.24. The van der Waals surface area contributed by atoms with Gasteiger partial charge in [-0.05, 0) is 37.3 Å². The number of rotatable bonds is 1. The summed E-state index contributed by atoms with van der Waals surface area (Å²) in [5.74, 6) is 0.146. The number of hydrogen-bond donors (Lipinski definition) is 2. The summed E-state index contributed by atoms with van der Waals surface area (Å²) in [7, 11) is 0. The second kappa shape index (κ2) is 5.39. The molecule has 2 N–H and O–H groups in total. The van der Waals surface area contributed by atoms with Gasteiger partial charge in [-0.2, -0.15) is 0 Å². The van der Waals surface area contributed by atoms with E-state index >= 15 is 0 Å². The average molecular weight is 287 g/mol. The Morgan fingerprint density at radius 2 is 1.90 bits per heavy atom. The van der Waals surface area contributed by atoms with Crippen LogP contribution in [0.15, 0.2) is 24.3 Å². The third-order valence-corrected chi connectivity index (χ3v) is 4.61. The smallest absolute Gasteiger partial charge is 0.321 e. The highest BCUT2D eigenvalue weighted by molar-refractivity contribution is 5.89. The van der Waals surface area contributed by atoms with Crippen molar-refractivity contribution in [2.75, 3.05) is 25.0 Å². The van der Waals surface area contributed by atoms with Crippen molar-refractivity contribution in [3.8, 4) is 0 Å². The van der Waals surface area contributed by atoms with Gasteiger partial charge in [-0.25, -0.2) is 4.79 Å².